The average Bonchev–Trinajstić information content (AvgIpc) is 2.17. The summed E-state index contributed by atoms with van der Waals surface area (Å²) in [7, 11) is 0. The van der Waals surface area contributed by atoms with E-state index in [0.29, 0.717) is 0 Å². The molecule has 0 aliphatic carbocycles. The van der Waals surface area contributed by atoms with Gasteiger partial charge in [-0.3, -0.25) is 4.79 Å². The van der Waals surface area contributed by atoms with Gasteiger partial charge in [0.1, 0.15) is 5.82 Å². The fourth-order valence-corrected chi connectivity index (χ4v) is 1.81. The number of Topliss-reactive ketones (excluding diaryl/α,β-unsaturated/α-hetero) is 1. The second-order valence-electron chi connectivity index (χ2n) is 2.93. The summed E-state index contributed by atoms with van der Waals surface area (Å²) in [4.78, 5) is 12.1. The number of benzene rings is 1. The molecule has 0 bridgehead atoms. The van der Waals surface area contributed by atoms with Crippen molar-refractivity contribution in [3.8, 4) is 0 Å². The number of thioether (sulfide) groups is 1. The zero-order valence-corrected chi connectivity index (χ0v) is 8.95. The molecular weight excluding hydrogens is 201 g/mol. The third-order valence-electron chi connectivity index (χ3n) is 1.97. The molecule has 14 heavy (non-hydrogen) atoms. The van der Waals surface area contributed by atoms with Crippen LogP contribution in [0.1, 0.15) is 15.9 Å². The lowest BCUT2D eigenvalue weighted by molar-refractivity contribution is 0.0997. The topological polar surface area (TPSA) is 43.1 Å². The van der Waals surface area contributed by atoms with Gasteiger partial charge in [-0.15, -0.1) is 11.8 Å². The van der Waals surface area contributed by atoms with E-state index in [1.165, 1.54) is 17.8 Å². The minimum absolute atomic E-state index is 0.0856. The van der Waals surface area contributed by atoms with Gasteiger partial charge < -0.3 is 5.73 Å². The fourth-order valence-electron chi connectivity index (χ4n) is 1.20. The lowest BCUT2D eigenvalue weighted by Crippen LogP contribution is -2.15. The zero-order valence-electron chi connectivity index (χ0n) is 8.13. The summed E-state index contributed by atoms with van der Waals surface area (Å²) >= 11 is 1.49. The SMILES string of the molecule is CSc1cc(C(=O)CN)c(F)cc1C. The van der Waals surface area contributed by atoms with Crippen molar-refractivity contribution in [2.75, 3.05) is 12.8 Å². The Morgan fingerprint density at radius 1 is 1.57 bits per heavy atom. The van der Waals surface area contributed by atoms with Crippen LogP contribution in [0.4, 0.5) is 4.39 Å². The molecule has 76 valence electrons. The molecule has 2 N–H and O–H groups in total. The van der Waals surface area contributed by atoms with E-state index in [0.717, 1.165) is 10.5 Å². The van der Waals surface area contributed by atoms with E-state index in [1.807, 2.05) is 13.2 Å². The third-order valence-corrected chi connectivity index (χ3v) is 2.85. The van der Waals surface area contributed by atoms with Crippen LogP contribution in [0.15, 0.2) is 17.0 Å². The molecule has 0 amide bonds. The number of hydrogen-bond donors (Lipinski definition) is 1. The maximum absolute atomic E-state index is 13.3. The summed E-state index contributed by atoms with van der Waals surface area (Å²) in [6.45, 7) is 1.65. The van der Waals surface area contributed by atoms with Crippen molar-refractivity contribution in [3.05, 3.63) is 29.1 Å². The second-order valence-corrected chi connectivity index (χ2v) is 3.78. The molecule has 0 spiro atoms. The van der Waals surface area contributed by atoms with E-state index in [4.69, 9.17) is 5.73 Å². The average molecular weight is 213 g/mol. The van der Waals surface area contributed by atoms with E-state index >= 15 is 0 Å². The van der Waals surface area contributed by atoms with Crippen molar-refractivity contribution in [3.63, 3.8) is 0 Å². The summed E-state index contributed by atoms with van der Waals surface area (Å²) < 4.78 is 13.3. The van der Waals surface area contributed by atoms with Gasteiger partial charge in [-0.25, -0.2) is 4.39 Å². The maximum atomic E-state index is 13.3. The van der Waals surface area contributed by atoms with E-state index in [9.17, 15) is 9.18 Å². The van der Waals surface area contributed by atoms with Crippen LogP contribution in [0.2, 0.25) is 0 Å². The van der Waals surface area contributed by atoms with E-state index < -0.39 is 5.82 Å². The molecule has 1 aromatic rings. The first-order valence-electron chi connectivity index (χ1n) is 4.17. The van der Waals surface area contributed by atoms with Gasteiger partial charge >= 0.3 is 0 Å². The molecule has 2 nitrogen and oxygen atoms in total. The molecule has 1 rings (SSSR count). The second kappa shape index (κ2) is 4.57. The van der Waals surface area contributed by atoms with Crippen LogP contribution >= 0.6 is 11.8 Å². The Hall–Kier alpha value is -0.870. The van der Waals surface area contributed by atoms with E-state index in [1.54, 1.807) is 6.07 Å². The van der Waals surface area contributed by atoms with Gasteiger partial charge in [0, 0.05) is 4.90 Å². The molecular formula is C10H12FNOS. The van der Waals surface area contributed by atoms with Gasteiger partial charge in [0.2, 0.25) is 0 Å². The summed E-state index contributed by atoms with van der Waals surface area (Å²) in [5.74, 6) is -0.853. The van der Waals surface area contributed by atoms with Crippen molar-refractivity contribution in [1.29, 1.82) is 0 Å². The van der Waals surface area contributed by atoms with Crippen molar-refractivity contribution >= 4 is 17.5 Å². The highest BCUT2D eigenvalue weighted by Crippen LogP contribution is 2.23. The first-order chi connectivity index (χ1) is 6.60. The Bertz CT molecular complexity index is 365. The number of nitrogens with two attached hydrogens (primary N) is 1. The van der Waals surface area contributed by atoms with Crippen LogP contribution in [-0.2, 0) is 0 Å². The van der Waals surface area contributed by atoms with Gasteiger partial charge in [-0.2, -0.15) is 0 Å². The standard InChI is InChI=1S/C10H12FNOS/c1-6-3-8(11)7(9(13)5-12)4-10(6)14-2/h3-4H,5,12H2,1-2H3. The Kier molecular flexibility index (Phi) is 3.66. The van der Waals surface area contributed by atoms with Gasteiger partial charge in [-0.05, 0) is 30.9 Å². The smallest absolute Gasteiger partial charge is 0.179 e. The van der Waals surface area contributed by atoms with Gasteiger partial charge in [0.05, 0.1) is 12.1 Å². The van der Waals surface area contributed by atoms with Crippen LogP contribution in [0.5, 0.6) is 0 Å². The van der Waals surface area contributed by atoms with Crippen LogP contribution < -0.4 is 5.73 Å². The molecule has 0 atom stereocenters. The summed E-state index contributed by atoms with van der Waals surface area (Å²) in [5.41, 5.74) is 6.10. The summed E-state index contributed by atoms with van der Waals surface area (Å²) in [6.07, 6.45) is 1.89. The van der Waals surface area contributed by atoms with E-state index in [2.05, 4.69) is 0 Å². The molecule has 0 saturated heterocycles. The first kappa shape index (κ1) is 11.2. The number of carbonyl (C=O) groups is 1. The van der Waals surface area contributed by atoms with Gasteiger partial charge in [-0.1, -0.05) is 0 Å². The minimum Gasteiger partial charge on any atom is -0.324 e. The van der Waals surface area contributed by atoms with Crippen molar-refractivity contribution in [1.82, 2.24) is 0 Å². The quantitative estimate of drug-likeness (QED) is 0.617. The molecule has 0 fully saturated rings. The van der Waals surface area contributed by atoms with Crippen molar-refractivity contribution in [2.24, 2.45) is 5.73 Å². The molecule has 0 saturated carbocycles. The number of ketones is 1. The Morgan fingerprint density at radius 2 is 2.21 bits per heavy atom. The van der Waals surface area contributed by atoms with Crippen molar-refractivity contribution in [2.45, 2.75) is 11.8 Å². The minimum atomic E-state index is -0.490. The zero-order chi connectivity index (χ0) is 10.7. The lowest BCUT2D eigenvalue weighted by atomic mass is 10.1. The lowest BCUT2D eigenvalue weighted by Gasteiger charge is -2.06. The predicted molar refractivity (Wildman–Crippen MR) is 56.3 cm³/mol. The normalized spacial score (nSPS) is 10.3. The molecule has 4 heteroatoms. The maximum Gasteiger partial charge on any atom is 0.179 e. The molecule has 0 heterocycles. The highest BCUT2D eigenvalue weighted by molar-refractivity contribution is 7.98. The Morgan fingerprint density at radius 3 is 2.71 bits per heavy atom. The molecule has 0 aliphatic rings. The summed E-state index contributed by atoms with van der Waals surface area (Å²) in [5, 5.41) is 0. The molecule has 0 radical (unpaired) electrons. The van der Waals surface area contributed by atoms with E-state index in [-0.39, 0.29) is 17.9 Å². The molecule has 0 aliphatic heterocycles. The van der Waals surface area contributed by atoms with Crippen molar-refractivity contribution < 1.29 is 9.18 Å². The van der Waals surface area contributed by atoms with Crippen LogP contribution in [0, 0.1) is 12.7 Å². The third kappa shape index (κ3) is 2.13. The number of hydrogen-bond acceptors (Lipinski definition) is 3. The molecule has 0 aromatic heterocycles. The molecule has 1 aromatic carbocycles. The number of halogens is 1. The fraction of sp³-hybridized carbons (Fsp3) is 0.300. The van der Waals surface area contributed by atoms with Crippen LogP contribution in [0.3, 0.4) is 0 Å². The van der Waals surface area contributed by atoms with Gasteiger partial charge in [0.25, 0.3) is 0 Å². The number of rotatable bonds is 3. The van der Waals surface area contributed by atoms with Crippen LogP contribution in [0.25, 0.3) is 0 Å². The summed E-state index contributed by atoms with van der Waals surface area (Å²) in [6, 6.07) is 2.93. The first-order valence-corrected chi connectivity index (χ1v) is 5.40. The Labute approximate surface area is 86.7 Å². The van der Waals surface area contributed by atoms with Crippen LogP contribution in [-0.4, -0.2) is 18.6 Å². The van der Waals surface area contributed by atoms with Gasteiger partial charge in [0.15, 0.2) is 5.78 Å². The highest BCUT2D eigenvalue weighted by Gasteiger charge is 2.12. The number of aryl methyl sites for hydroxylation is 1. The predicted octanol–water partition coefficient (Wildman–Crippen LogP) is 2.00. The largest absolute Gasteiger partial charge is 0.324 e. The highest BCUT2D eigenvalue weighted by atomic mass is 32.2. The number of carbonyl (C=O) groups excluding carboxylic acids is 1. The molecule has 0 unspecified atom stereocenters. The monoisotopic (exact) mass is 213 g/mol. The Balaban J connectivity index is 3.24.